The van der Waals surface area contributed by atoms with Crippen molar-refractivity contribution in [3.05, 3.63) is 46.3 Å². The van der Waals surface area contributed by atoms with E-state index in [2.05, 4.69) is 44.1 Å². The van der Waals surface area contributed by atoms with Crippen molar-refractivity contribution in [1.29, 1.82) is 0 Å². The zero-order chi connectivity index (χ0) is 12.6. The van der Waals surface area contributed by atoms with Gasteiger partial charge >= 0.3 is 0 Å². The van der Waals surface area contributed by atoms with Gasteiger partial charge in [0.25, 0.3) is 0 Å². The third-order valence-corrected chi connectivity index (χ3v) is 3.29. The predicted molar refractivity (Wildman–Crippen MR) is 72.1 cm³/mol. The van der Waals surface area contributed by atoms with E-state index in [9.17, 15) is 0 Å². The Labute approximate surface area is 107 Å². The van der Waals surface area contributed by atoms with E-state index in [1.807, 2.05) is 11.6 Å². The Hall–Kier alpha value is -1.28. The summed E-state index contributed by atoms with van der Waals surface area (Å²) in [7, 11) is 0. The molecule has 0 atom stereocenters. The quantitative estimate of drug-likeness (QED) is 0.739. The lowest BCUT2D eigenvalue weighted by atomic mass is 10.1. The first-order valence-corrected chi connectivity index (χ1v) is 6.26. The van der Waals surface area contributed by atoms with E-state index >= 15 is 0 Å². The molecule has 0 N–H and O–H groups in total. The van der Waals surface area contributed by atoms with Crippen LogP contribution in [-0.2, 0) is 5.88 Å². The van der Waals surface area contributed by atoms with Gasteiger partial charge in [-0.15, -0.1) is 11.6 Å². The number of alkyl halides is 1. The van der Waals surface area contributed by atoms with E-state index in [1.165, 1.54) is 11.1 Å². The first kappa shape index (κ1) is 12.2. The highest BCUT2D eigenvalue weighted by atomic mass is 35.5. The van der Waals surface area contributed by atoms with Gasteiger partial charge in [-0.1, -0.05) is 6.07 Å². The molecular formula is C14H17ClN2. The van der Waals surface area contributed by atoms with Gasteiger partial charge in [-0.3, -0.25) is 0 Å². The van der Waals surface area contributed by atoms with E-state index in [4.69, 9.17) is 11.6 Å². The van der Waals surface area contributed by atoms with Crippen LogP contribution < -0.4 is 0 Å². The molecular weight excluding hydrogens is 232 g/mol. The minimum absolute atomic E-state index is 0.516. The lowest BCUT2D eigenvalue weighted by Gasteiger charge is -2.07. The van der Waals surface area contributed by atoms with E-state index in [0.717, 1.165) is 22.6 Å². The van der Waals surface area contributed by atoms with Gasteiger partial charge in [0.1, 0.15) is 0 Å². The van der Waals surface area contributed by atoms with Gasteiger partial charge in [-0.2, -0.15) is 5.10 Å². The molecule has 1 aromatic carbocycles. The molecule has 0 saturated heterocycles. The van der Waals surface area contributed by atoms with Crippen molar-refractivity contribution in [2.24, 2.45) is 0 Å². The first-order chi connectivity index (χ1) is 8.02. The van der Waals surface area contributed by atoms with Crippen LogP contribution in [0.25, 0.3) is 5.69 Å². The van der Waals surface area contributed by atoms with Crippen LogP contribution in [-0.4, -0.2) is 9.78 Å². The van der Waals surface area contributed by atoms with Crippen LogP contribution in [0.1, 0.15) is 28.1 Å². The SMILES string of the molecule is Cc1cc(C)cc(-n2nc(C)c(CCl)c2C)c1. The molecule has 90 valence electrons. The second-order valence-corrected chi connectivity index (χ2v) is 4.81. The summed E-state index contributed by atoms with van der Waals surface area (Å²) in [6.45, 7) is 8.27. The standard InChI is InChI=1S/C14H17ClN2/c1-9-5-10(2)7-13(6-9)17-12(4)14(8-15)11(3)16-17/h5-7H,8H2,1-4H3. The summed E-state index contributed by atoms with van der Waals surface area (Å²) in [4.78, 5) is 0. The number of benzene rings is 1. The summed E-state index contributed by atoms with van der Waals surface area (Å²) < 4.78 is 1.98. The fraction of sp³-hybridized carbons (Fsp3) is 0.357. The van der Waals surface area contributed by atoms with Gasteiger partial charge < -0.3 is 0 Å². The summed E-state index contributed by atoms with van der Waals surface area (Å²) in [6.07, 6.45) is 0. The molecule has 0 aliphatic rings. The number of aromatic nitrogens is 2. The van der Waals surface area contributed by atoms with Crippen LogP contribution in [0.3, 0.4) is 0 Å². The Morgan fingerprint density at radius 1 is 1.06 bits per heavy atom. The van der Waals surface area contributed by atoms with Crippen LogP contribution in [0.4, 0.5) is 0 Å². The van der Waals surface area contributed by atoms with E-state index in [0.29, 0.717) is 5.88 Å². The lowest BCUT2D eigenvalue weighted by molar-refractivity contribution is 0.831. The van der Waals surface area contributed by atoms with Gasteiger partial charge in [0.2, 0.25) is 0 Å². The Kier molecular flexibility index (Phi) is 3.25. The van der Waals surface area contributed by atoms with Crippen molar-refractivity contribution in [2.75, 3.05) is 0 Å². The van der Waals surface area contributed by atoms with Gasteiger partial charge in [0.15, 0.2) is 0 Å². The zero-order valence-electron chi connectivity index (χ0n) is 10.7. The maximum atomic E-state index is 5.95. The fourth-order valence-corrected chi connectivity index (χ4v) is 2.58. The van der Waals surface area contributed by atoms with E-state index in [1.54, 1.807) is 0 Å². The van der Waals surface area contributed by atoms with Crippen LogP contribution in [0.5, 0.6) is 0 Å². The number of aryl methyl sites for hydroxylation is 3. The molecule has 0 aliphatic carbocycles. The molecule has 0 fully saturated rings. The van der Waals surface area contributed by atoms with Crippen LogP contribution in [0, 0.1) is 27.7 Å². The maximum absolute atomic E-state index is 5.95. The smallest absolute Gasteiger partial charge is 0.0654 e. The van der Waals surface area contributed by atoms with Crippen molar-refractivity contribution in [2.45, 2.75) is 33.6 Å². The Morgan fingerprint density at radius 3 is 2.12 bits per heavy atom. The largest absolute Gasteiger partial charge is 0.238 e. The molecule has 2 aromatic rings. The number of halogens is 1. The Balaban J connectivity index is 2.60. The molecule has 0 aliphatic heterocycles. The minimum atomic E-state index is 0.516. The summed E-state index contributed by atoms with van der Waals surface area (Å²) >= 11 is 5.95. The molecule has 2 rings (SSSR count). The topological polar surface area (TPSA) is 17.8 Å². The normalized spacial score (nSPS) is 10.9. The number of hydrogen-bond donors (Lipinski definition) is 0. The average Bonchev–Trinajstić information content (AvgIpc) is 2.52. The first-order valence-electron chi connectivity index (χ1n) is 5.72. The number of hydrogen-bond acceptors (Lipinski definition) is 1. The van der Waals surface area contributed by atoms with Crippen LogP contribution in [0.2, 0.25) is 0 Å². The summed E-state index contributed by atoms with van der Waals surface area (Å²) in [5, 5.41) is 4.57. The molecule has 0 spiro atoms. The average molecular weight is 249 g/mol. The zero-order valence-corrected chi connectivity index (χ0v) is 11.5. The molecule has 17 heavy (non-hydrogen) atoms. The third kappa shape index (κ3) is 2.22. The Morgan fingerprint density at radius 2 is 1.65 bits per heavy atom. The van der Waals surface area contributed by atoms with Crippen LogP contribution >= 0.6 is 11.6 Å². The maximum Gasteiger partial charge on any atom is 0.0654 e. The molecule has 0 unspecified atom stereocenters. The molecule has 0 amide bonds. The van der Waals surface area contributed by atoms with Gasteiger partial charge in [-0.05, 0) is 51.0 Å². The molecule has 1 aromatic heterocycles. The monoisotopic (exact) mass is 248 g/mol. The molecule has 0 bridgehead atoms. The molecule has 0 saturated carbocycles. The summed E-state index contributed by atoms with van der Waals surface area (Å²) in [5.74, 6) is 0.516. The predicted octanol–water partition coefficient (Wildman–Crippen LogP) is 3.84. The molecule has 2 nitrogen and oxygen atoms in total. The van der Waals surface area contributed by atoms with E-state index < -0.39 is 0 Å². The summed E-state index contributed by atoms with van der Waals surface area (Å²) in [5.41, 5.74) is 6.88. The molecule has 0 radical (unpaired) electrons. The highest BCUT2D eigenvalue weighted by Gasteiger charge is 2.11. The number of rotatable bonds is 2. The second-order valence-electron chi connectivity index (χ2n) is 4.54. The van der Waals surface area contributed by atoms with Crippen molar-refractivity contribution in [3.63, 3.8) is 0 Å². The summed E-state index contributed by atoms with van der Waals surface area (Å²) in [6, 6.07) is 6.45. The van der Waals surface area contributed by atoms with Gasteiger partial charge in [-0.25, -0.2) is 4.68 Å². The van der Waals surface area contributed by atoms with Crippen molar-refractivity contribution < 1.29 is 0 Å². The molecule has 1 heterocycles. The second kappa shape index (κ2) is 4.53. The minimum Gasteiger partial charge on any atom is -0.238 e. The highest BCUT2D eigenvalue weighted by molar-refractivity contribution is 6.17. The fourth-order valence-electron chi connectivity index (χ4n) is 2.19. The van der Waals surface area contributed by atoms with Crippen molar-refractivity contribution in [1.82, 2.24) is 9.78 Å². The third-order valence-electron chi connectivity index (χ3n) is 3.03. The Bertz CT molecular complexity index is 535. The number of nitrogens with zero attached hydrogens (tertiary/aromatic N) is 2. The lowest BCUT2D eigenvalue weighted by Crippen LogP contribution is -2.00. The van der Waals surface area contributed by atoms with E-state index in [-0.39, 0.29) is 0 Å². The van der Waals surface area contributed by atoms with Crippen molar-refractivity contribution >= 4 is 11.6 Å². The van der Waals surface area contributed by atoms with Crippen molar-refractivity contribution in [3.8, 4) is 5.69 Å². The molecule has 3 heteroatoms. The van der Waals surface area contributed by atoms with Gasteiger partial charge in [0, 0.05) is 11.3 Å². The van der Waals surface area contributed by atoms with Crippen LogP contribution in [0.15, 0.2) is 18.2 Å². The van der Waals surface area contributed by atoms with Gasteiger partial charge in [0.05, 0.1) is 17.3 Å². The highest BCUT2D eigenvalue weighted by Crippen LogP contribution is 2.21.